The van der Waals surface area contributed by atoms with Crippen molar-refractivity contribution in [2.75, 3.05) is 18.0 Å². The van der Waals surface area contributed by atoms with Crippen LogP contribution in [0.5, 0.6) is 0 Å². The minimum Gasteiger partial charge on any atom is -0.368 e. The number of nitrogens with zero attached hydrogens (tertiary/aromatic N) is 1. The van der Waals surface area contributed by atoms with E-state index in [-0.39, 0.29) is 0 Å². The summed E-state index contributed by atoms with van der Waals surface area (Å²) >= 11 is 6.56. The van der Waals surface area contributed by atoms with E-state index in [1.807, 2.05) is 0 Å². The van der Waals surface area contributed by atoms with Gasteiger partial charge < -0.3 is 10.2 Å². The third-order valence-corrected chi connectivity index (χ3v) is 4.22. The first kappa shape index (κ1) is 18.3. The second kappa shape index (κ2) is 9.32. The van der Waals surface area contributed by atoms with Crippen LogP contribution in [0.3, 0.4) is 0 Å². The molecule has 0 amide bonds. The van der Waals surface area contributed by atoms with E-state index in [1.165, 1.54) is 24.8 Å². The lowest BCUT2D eigenvalue weighted by molar-refractivity contribution is 0.597. The van der Waals surface area contributed by atoms with Crippen LogP contribution in [0.1, 0.15) is 65.5 Å². The Labute approximate surface area is 135 Å². The van der Waals surface area contributed by atoms with E-state index in [0.29, 0.717) is 12.1 Å². The lowest BCUT2D eigenvalue weighted by Crippen LogP contribution is -2.32. The first-order valence-electron chi connectivity index (χ1n) is 8.30. The van der Waals surface area contributed by atoms with Crippen LogP contribution in [0.2, 0.25) is 5.02 Å². The topological polar surface area (TPSA) is 15.3 Å². The zero-order valence-corrected chi connectivity index (χ0v) is 15.0. The van der Waals surface area contributed by atoms with Crippen LogP contribution in [-0.4, -0.2) is 19.1 Å². The molecule has 0 heterocycles. The molecular formula is C18H31ClN2. The number of benzene rings is 1. The zero-order chi connectivity index (χ0) is 15.8. The van der Waals surface area contributed by atoms with Crippen molar-refractivity contribution in [2.24, 2.45) is 0 Å². The van der Waals surface area contributed by atoms with Gasteiger partial charge in [0.15, 0.2) is 0 Å². The minimum atomic E-state index is 0.342. The summed E-state index contributed by atoms with van der Waals surface area (Å²) in [6.07, 6.45) is 3.75. The van der Waals surface area contributed by atoms with Crippen molar-refractivity contribution >= 4 is 17.3 Å². The van der Waals surface area contributed by atoms with Gasteiger partial charge in [0.1, 0.15) is 0 Å². The number of anilines is 1. The molecule has 0 aromatic heterocycles. The molecule has 1 rings (SSSR count). The molecule has 0 saturated heterocycles. The van der Waals surface area contributed by atoms with Gasteiger partial charge >= 0.3 is 0 Å². The van der Waals surface area contributed by atoms with Crippen molar-refractivity contribution in [3.63, 3.8) is 0 Å². The molecule has 0 aliphatic carbocycles. The van der Waals surface area contributed by atoms with Crippen molar-refractivity contribution in [3.8, 4) is 0 Å². The summed E-state index contributed by atoms with van der Waals surface area (Å²) in [5, 5.41) is 4.29. The third-order valence-electron chi connectivity index (χ3n) is 3.92. The van der Waals surface area contributed by atoms with Crippen LogP contribution in [0.4, 0.5) is 5.69 Å². The van der Waals surface area contributed by atoms with Gasteiger partial charge in [-0.1, -0.05) is 44.4 Å². The second-order valence-corrected chi connectivity index (χ2v) is 6.39. The van der Waals surface area contributed by atoms with Crippen LogP contribution in [-0.2, 0) is 0 Å². The van der Waals surface area contributed by atoms with E-state index in [2.05, 4.69) is 63.0 Å². The Morgan fingerprint density at radius 2 is 1.86 bits per heavy atom. The van der Waals surface area contributed by atoms with Crippen molar-refractivity contribution in [3.05, 3.63) is 28.8 Å². The van der Waals surface area contributed by atoms with Gasteiger partial charge in [0.25, 0.3) is 0 Å². The van der Waals surface area contributed by atoms with Gasteiger partial charge in [-0.3, -0.25) is 0 Å². The summed E-state index contributed by atoms with van der Waals surface area (Å²) in [6, 6.07) is 7.30. The van der Waals surface area contributed by atoms with Crippen molar-refractivity contribution in [1.29, 1.82) is 0 Å². The maximum atomic E-state index is 6.56. The Morgan fingerprint density at radius 1 is 1.14 bits per heavy atom. The number of halogens is 1. The number of nitrogens with one attached hydrogen (secondary N) is 1. The van der Waals surface area contributed by atoms with E-state index in [0.717, 1.165) is 23.8 Å². The Hall–Kier alpha value is -0.730. The minimum absolute atomic E-state index is 0.342. The highest BCUT2D eigenvalue weighted by Crippen LogP contribution is 2.30. The highest BCUT2D eigenvalue weighted by atomic mass is 35.5. The number of hydrogen-bond acceptors (Lipinski definition) is 2. The Balaban J connectivity index is 2.89. The van der Waals surface area contributed by atoms with Gasteiger partial charge in [0.2, 0.25) is 0 Å². The van der Waals surface area contributed by atoms with Gasteiger partial charge in [-0.05, 0) is 51.4 Å². The molecule has 0 saturated carbocycles. The first-order chi connectivity index (χ1) is 10.0. The molecule has 2 nitrogen and oxygen atoms in total. The summed E-state index contributed by atoms with van der Waals surface area (Å²) in [4.78, 5) is 2.42. The number of hydrogen-bond donors (Lipinski definition) is 1. The van der Waals surface area contributed by atoms with E-state index in [4.69, 9.17) is 11.6 Å². The van der Waals surface area contributed by atoms with Gasteiger partial charge in [-0.25, -0.2) is 0 Å². The smallest absolute Gasteiger partial charge is 0.0642 e. The predicted octanol–water partition coefficient (Wildman–Crippen LogP) is 5.42. The molecule has 0 spiro atoms. The SMILES string of the molecule is CCCCCN(c1ccc(C(C)NCC)cc1Cl)C(C)C. The van der Waals surface area contributed by atoms with Crippen LogP contribution >= 0.6 is 11.6 Å². The summed E-state index contributed by atoms with van der Waals surface area (Å²) in [5.74, 6) is 0. The quantitative estimate of drug-likeness (QED) is 0.613. The molecular weight excluding hydrogens is 280 g/mol. The van der Waals surface area contributed by atoms with E-state index in [1.54, 1.807) is 0 Å². The monoisotopic (exact) mass is 310 g/mol. The molecule has 120 valence electrons. The lowest BCUT2D eigenvalue weighted by Gasteiger charge is -2.30. The van der Waals surface area contributed by atoms with Crippen molar-refractivity contribution in [2.45, 2.75) is 66.0 Å². The van der Waals surface area contributed by atoms with Gasteiger partial charge in [-0.2, -0.15) is 0 Å². The fourth-order valence-electron chi connectivity index (χ4n) is 2.64. The summed E-state index contributed by atoms with van der Waals surface area (Å²) in [7, 11) is 0. The molecule has 3 heteroatoms. The average molecular weight is 311 g/mol. The molecule has 0 aliphatic rings. The molecule has 0 radical (unpaired) electrons. The Morgan fingerprint density at radius 3 is 2.38 bits per heavy atom. The van der Waals surface area contributed by atoms with Gasteiger partial charge in [0.05, 0.1) is 10.7 Å². The lowest BCUT2D eigenvalue weighted by atomic mass is 10.1. The summed E-state index contributed by atoms with van der Waals surface area (Å²) in [6.45, 7) is 13.1. The highest BCUT2D eigenvalue weighted by Gasteiger charge is 2.15. The molecule has 1 aromatic carbocycles. The molecule has 1 atom stereocenters. The number of rotatable bonds is 9. The van der Waals surface area contributed by atoms with Crippen LogP contribution in [0, 0.1) is 0 Å². The van der Waals surface area contributed by atoms with Gasteiger partial charge in [-0.15, -0.1) is 0 Å². The Bertz CT molecular complexity index is 418. The van der Waals surface area contributed by atoms with Crippen molar-refractivity contribution < 1.29 is 0 Å². The zero-order valence-electron chi connectivity index (χ0n) is 14.2. The van der Waals surface area contributed by atoms with Crippen LogP contribution in [0.25, 0.3) is 0 Å². The highest BCUT2D eigenvalue weighted by molar-refractivity contribution is 6.33. The maximum Gasteiger partial charge on any atom is 0.0642 e. The fourth-order valence-corrected chi connectivity index (χ4v) is 2.94. The molecule has 0 aliphatic heterocycles. The third kappa shape index (κ3) is 5.52. The largest absolute Gasteiger partial charge is 0.368 e. The molecule has 0 bridgehead atoms. The van der Waals surface area contributed by atoms with Gasteiger partial charge in [0, 0.05) is 18.6 Å². The van der Waals surface area contributed by atoms with Crippen molar-refractivity contribution in [1.82, 2.24) is 5.32 Å². The van der Waals surface area contributed by atoms with E-state index in [9.17, 15) is 0 Å². The summed E-state index contributed by atoms with van der Waals surface area (Å²) < 4.78 is 0. The predicted molar refractivity (Wildman–Crippen MR) is 95.6 cm³/mol. The molecule has 1 unspecified atom stereocenters. The standard InChI is InChI=1S/C18H31ClN2/c1-6-8-9-12-21(14(3)4)18-11-10-16(13-17(18)19)15(5)20-7-2/h10-11,13-15,20H,6-9,12H2,1-5H3. The average Bonchev–Trinajstić information content (AvgIpc) is 2.44. The molecule has 21 heavy (non-hydrogen) atoms. The van der Waals surface area contributed by atoms with Crippen LogP contribution < -0.4 is 10.2 Å². The fraction of sp³-hybridized carbons (Fsp3) is 0.667. The molecule has 0 fully saturated rings. The first-order valence-corrected chi connectivity index (χ1v) is 8.68. The summed E-state index contributed by atoms with van der Waals surface area (Å²) in [5.41, 5.74) is 2.41. The molecule has 1 N–H and O–H groups in total. The van der Waals surface area contributed by atoms with E-state index >= 15 is 0 Å². The van der Waals surface area contributed by atoms with Crippen LogP contribution in [0.15, 0.2) is 18.2 Å². The Kier molecular flexibility index (Phi) is 8.13. The normalized spacial score (nSPS) is 12.7. The molecule has 1 aromatic rings. The van der Waals surface area contributed by atoms with E-state index < -0.39 is 0 Å². The number of unbranched alkanes of at least 4 members (excludes halogenated alkanes) is 2. The second-order valence-electron chi connectivity index (χ2n) is 5.98. The maximum absolute atomic E-state index is 6.56.